The molecule has 0 radical (unpaired) electrons. The summed E-state index contributed by atoms with van der Waals surface area (Å²) < 4.78 is 0. The first-order valence-electron chi connectivity index (χ1n) is 3.43. The van der Waals surface area contributed by atoms with E-state index in [0.29, 0.717) is 12.1 Å². The molecule has 0 fully saturated rings. The Kier molecular flexibility index (Phi) is 2.82. The normalized spacial score (nSPS) is 9.23. The van der Waals surface area contributed by atoms with Crippen LogP contribution in [0.4, 0.5) is 5.82 Å². The van der Waals surface area contributed by atoms with Crippen molar-refractivity contribution in [3.8, 4) is 0 Å². The van der Waals surface area contributed by atoms with Gasteiger partial charge in [0, 0.05) is 11.5 Å². The molecule has 0 bridgehead atoms. The third-order valence-corrected chi connectivity index (χ3v) is 1.35. The quantitative estimate of drug-likeness (QED) is 0.247. The van der Waals surface area contributed by atoms with Crippen LogP contribution in [0.2, 0.25) is 0 Å². The van der Waals surface area contributed by atoms with Crippen molar-refractivity contribution in [2.45, 2.75) is 6.42 Å². The van der Waals surface area contributed by atoms with E-state index in [0.717, 1.165) is 0 Å². The first-order chi connectivity index (χ1) is 6.24. The summed E-state index contributed by atoms with van der Waals surface area (Å²) in [6.07, 6.45) is 0.397. The third kappa shape index (κ3) is 2.46. The molecule has 0 saturated heterocycles. The van der Waals surface area contributed by atoms with Crippen LogP contribution in [0.1, 0.15) is 5.69 Å². The van der Waals surface area contributed by atoms with Crippen LogP contribution in [-0.4, -0.2) is 21.7 Å². The Bertz CT molecular complexity index is 352. The fraction of sp³-hybridized carbons (Fsp3) is 0.400. The number of hydrogen-bond donors (Lipinski definition) is 1. The Balaban J connectivity index is 2.58. The lowest BCUT2D eigenvalue weighted by Gasteiger charge is -1.85. The van der Waals surface area contributed by atoms with Gasteiger partial charge in [0.05, 0.1) is 11.8 Å². The summed E-state index contributed by atoms with van der Waals surface area (Å²) in [7, 11) is 0. The molecule has 68 valence electrons. The highest BCUT2D eigenvalue weighted by atomic mass is 16.6. The van der Waals surface area contributed by atoms with Crippen LogP contribution in [0.25, 0.3) is 10.4 Å². The molecule has 13 heavy (non-hydrogen) atoms. The molecule has 1 aromatic heterocycles. The van der Waals surface area contributed by atoms with Gasteiger partial charge < -0.3 is 10.1 Å². The summed E-state index contributed by atoms with van der Waals surface area (Å²) in [5, 5.41) is 19.4. The molecular formula is C5H6N6O2. The van der Waals surface area contributed by atoms with Gasteiger partial charge in [0.2, 0.25) is 0 Å². The maximum Gasteiger partial charge on any atom is 0.342 e. The van der Waals surface area contributed by atoms with Crippen LogP contribution in [0.3, 0.4) is 0 Å². The molecule has 0 amide bonds. The topological polar surface area (TPSA) is 121 Å². The van der Waals surface area contributed by atoms with Crippen molar-refractivity contribution in [2.24, 2.45) is 5.11 Å². The molecule has 0 atom stereocenters. The van der Waals surface area contributed by atoms with E-state index in [1.165, 1.54) is 6.07 Å². The van der Waals surface area contributed by atoms with Gasteiger partial charge in [-0.3, -0.25) is 0 Å². The summed E-state index contributed by atoms with van der Waals surface area (Å²) in [5.41, 5.74) is 8.47. The first-order valence-corrected chi connectivity index (χ1v) is 3.43. The smallest absolute Gasteiger partial charge is 0.342 e. The summed E-state index contributed by atoms with van der Waals surface area (Å²) >= 11 is 0. The fourth-order valence-electron chi connectivity index (χ4n) is 0.782. The number of H-pyrrole nitrogens is 1. The molecule has 0 aliphatic rings. The minimum atomic E-state index is -0.565. The molecular weight excluding hydrogens is 176 g/mol. The Labute approximate surface area is 72.3 Å². The number of nitrogens with zero attached hydrogens (tertiary/aromatic N) is 5. The molecule has 0 spiro atoms. The van der Waals surface area contributed by atoms with E-state index in [4.69, 9.17) is 5.53 Å². The number of hydrogen-bond acceptors (Lipinski definition) is 4. The van der Waals surface area contributed by atoms with Crippen LogP contribution in [-0.2, 0) is 6.42 Å². The second-order valence-corrected chi connectivity index (χ2v) is 2.21. The van der Waals surface area contributed by atoms with Gasteiger partial charge in [0.1, 0.15) is 0 Å². The van der Waals surface area contributed by atoms with E-state index in [2.05, 4.69) is 20.2 Å². The van der Waals surface area contributed by atoms with E-state index >= 15 is 0 Å². The average Bonchev–Trinajstić information content (AvgIpc) is 2.53. The van der Waals surface area contributed by atoms with E-state index in [-0.39, 0.29) is 12.4 Å². The molecule has 1 heterocycles. The van der Waals surface area contributed by atoms with Crippen molar-refractivity contribution in [3.63, 3.8) is 0 Å². The highest BCUT2D eigenvalue weighted by Crippen LogP contribution is 2.08. The van der Waals surface area contributed by atoms with E-state index in [1.807, 2.05) is 0 Å². The maximum atomic E-state index is 10.2. The van der Waals surface area contributed by atoms with Crippen molar-refractivity contribution < 1.29 is 4.92 Å². The van der Waals surface area contributed by atoms with Crippen molar-refractivity contribution in [1.82, 2.24) is 10.2 Å². The molecule has 1 aromatic rings. The van der Waals surface area contributed by atoms with E-state index in [9.17, 15) is 10.1 Å². The molecule has 0 aliphatic carbocycles. The lowest BCUT2D eigenvalue weighted by Crippen LogP contribution is -1.87. The van der Waals surface area contributed by atoms with Gasteiger partial charge >= 0.3 is 5.82 Å². The summed E-state index contributed by atoms with van der Waals surface area (Å²) in [4.78, 5) is 12.2. The zero-order valence-corrected chi connectivity index (χ0v) is 6.54. The lowest BCUT2D eigenvalue weighted by molar-refractivity contribution is -0.389. The van der Waals surface area contributed by atoms with Gasteiger partial charge in [0.25, 0.3) is 0 Å². The number of nitrogens with one attached hydrogen (secondary N) is 1. The summed E-state index contributed by atoms with van der Waals surface area (Å²) in [6.45, 7) is 0.249. The highest BCUT2D eigenvalue weighted by molar-refractivity contribution is 5.20. The van der Waals surface area contributed by atoms with Gasteiger partial charge in [-0.05, 0) is 16.9 Å². The number of rotatable bonds is 4. The minimum absolute atomic E-state index is 0.157. The standard InChI is InChI=1S/C5H6N6O2/c6-10-7-2-1-4-3-5(9-8-4)11(12)13/h3H,1-2H2,(H,8,9). The zero-order chi connectivity index (χ0) is 9.68. The van der Waals surface area contributed by atoms with Gasteiger partial charge in [-0.2, -0.15) is 0 Å². The van der Waals surface area contributed by atoms with E-state index < -0.39 is 4.92 Å². The highest BCUT2D eigenvalue weighted by Gasteiger charge is 2.08. The van der Waals surface area contributed by atoms with E-state index in [1.54, 1.807) is 0 Å². The predicted octanol–water partition coefficient (Wildman–Crippen LogP) is 1.17. The Morgan fingerprint density at radius 1 is 1.85 bits per heavy atom. The Hall–Kier alpha value is -2.08. The number of azide groups is 1. The van der Waals surface area contributed by atoms with Crippen LogP contribution in [0.15, 0.2) is 11.2 Å². The number of aromatic nitrogens is 2. The molecule has 0 aromatic carbocycles. The monoisotopic (exact) mass is 182 g/mol. The van der Waals surface area contributed by atoms with Crippen molar-refractivity contribution in [1.29, 1.82) is 0 Å². The van der Waals surface area contributed by atoms with Crippen molar-refractivity contribution in [2.75, 3.05) is 6.54 Å². The minimum Gasteiger partial charge on any atom is -0.358 e. The molecule has 8 heteroatoms. The fourth-order valence-corrected chi connectivity index (χ4v) is 0.782. The first kappa shape index (κ1) is 9.01. The maximum absolute atomic E-state index is 10.2. The number of nitro groups is 1. The van der Waals surface area contributed by atoms with Gasteiger partial charge in [-0.1, -0.05) is 10.2 Å². The molecule has 8 nitrogen and oxygen atoms in total. The van der Waals surface area contributed by atoms with Crippen molar-refractivity contribution >= 4 is 5.82 Å². The molecule has 0 unspecified atom stereocenters. The van der Waals surface area contributed by atoms with Crippen LogP contribution >= 0.6 is 0 Å². The molecule has 0 aliphatic heterocycles. The van der Waals surface area contributed by atoms with Gasteiger partial charge in [0.15, 0.2) is 0 Å². The average molecular weight is 182 g/mol. The largest absolute Gasteiger partial charge is 0.358 e. The summed E-state index contributed by atoms with van der Waals surface area (Å²) in [6, 6.07) is 1.31. The predicted molar refractivity (Wildman–Crippen MR) is 43.0 cm³/mol. The second kappa shape index (κ2) is 4.07. The van der Waals surface area contributed by atoms with Gasteiger partial charge in [-0.25, -0.2) is 0 Å². The second-order valence-electron chi connectivity index (χ2n) is 2.21. The zero-order valence-electron chi connectivity index (χ0n) is 6.54. The molecule has 1 N–H and O–H groups in total. The Morgan fingerprint density at radius 3 is 3.15 bits per heavy atom. The van der Waals surface area contributed by atoms with Crippen LogP contribution < -0.4 is 0 Å². The van der Waals surface area contributed by atoms with Crippen LogP contribution in [0.5, 0.6) is 0 Å². The Morgan fingerprint density at radius 2 is 2.62 bits per heavy atom. The van der Waals surface area contributed by atoms with Gasteiger partial charge in [-0.15, -0.1) is 5.10 Å². The number of aromatic amines is 1. The molecule has 1 rings (SSSR count). The SMILES string of the molecule is [N-]=[N+]=NCCc1cc([N+](=O)[O-])[nH]n1. The lowest BCUT2D eigenvalue weighted by atomic mass is 10.3. The molecule has 0 saturated carbocycles. The summed E-state index contributed by atoms with van der Waals surface area (Å²) in [5.74, 6) is -0.157. The third-order valence-electron chi connectivity index (χ3n) is 1.35. The van der Waals surface area contributed by atoms with Crippen LogP contribution in [0, 0.1) is 10.1 Å². The van der Waals surface area contributed by atoms with Crippen molar-refractivity contribution in [3.05, 3.63) is 32.3 Å².